The zero-order valence-corrected chi connectivity index (χ0v) is 12.1. The Morgan fingerprint density at radius 3 is 2.53 bits per heavy atom. The van der Waals surface area contributed by atoms with Crippen LogP contribution in [0.25, 0.3) is 0 Å². The molecule has 2 rings (SSSR count). The van der Waals surface area contributed by atoms with Crippen molar-refractivity contribution in [2.45, 2.75) is 47.5 Å². The van der Waals surface area contributed by atoms with Crippen molar-refractivity contribution in [3.05, 3.63) is 23.5 Å². The van der Waals surface area contributed by atoms with Crippen LogP contribution in [0.4, 0.5) is 0 Å². The first kappa shape index (κ1) is 12.7. The molecule has 3 atom stereocenters. The summed E-state index contributed by atoms with van der Waals surface area (Å²) in [6.07, 6.45) is 7.15. The molecule has 0 radical (unpaired) electrons. The van der Waals surface area contributed by atoms with Gasteiger partial charge < -0.3 is 4.74 Å². The Bertz CT molecular complexity index is 375. The van der Waals surface area contributed by atoms with Gasteiger partial charge in [-0.15, -0.1) is 0 Å². The van der Waals surface area contributed by atoms with E-state index in [9.17, 15) is 0 Å². The summed E-state index contributed by atoms with van der Waals surface area (Å²) in [7, 11) is 1.84. The summed E-state index contributed by atoms with van der Waals surface area (Å²) >= 11 is 0. The molecule has 0 spiro atoms. The minimum absolute atomic E-state index is 0.198. The van der Waals surface area contributed by atoms with Gasteiger partial charge in [-0.1, -0.05) is 39.8 Å². The van der Waals surface area contributed by atoms with Crippen LogP contribution in [0.2, 0.25) is 0 Å². The third-order valence-electron chi connectivity index (χ3n) is 5.17. The first-order valence-electron chi connectivity index (χ1n) is 6.76. The van der Waals surface area contributed by atoms with Crippen LogP contribution in [0.3, 0.4) is 0 Å². The standard InChI is InChI=1S/C16H26O/c1-11-10-13-15(3,4)8-7-9-16(13,5)14(17-6)12(11)2/h7-8,11,13H,9-10H2,1-6H3/t11?,13?,16-/m0/s1. The number of ether oxygens (including phenoxy) is 1. The summed E-state index contributed by atoms with van der Waals surface area (Å²) in [5.74, 6) is 2.58. The highest BCUT2D eigenvalue weighted by atomic mass is 16.5. The monoisotopic (exact) mass is 234 g/mol. The summed E-state index contributed by atoms with van der Waals surface area (Å²) < 4.78 is 5.79. The van der Waals surface area contributed by atoms with Gasteiger partial charge in [0, 0.05) is 5.41 Å². The molecular formula is C16H26O. The molecule has 0 amide bonds. The van der Waals surface area contributed by atoms with Gasteiger partial charge in [0.05, 0.1) is 7.11 Å². The van der Waals surface area contributed by atoms with E-state index in [1.54, 1.807) is 0 Å². The Morgan fingerprint density at radius 2 is 1.94 bits per heavy atom. The summed E-state index contributed by atoms with van der Waals surface area (Å²) in [6, 6.07) is 0. The molecule has 96 valence electrons. The van der Waals surface area contributed by atoms with Gasteiger partial charge in [-0.05, 0) is 42.6 Å². The van der Waals surface area contributed by atoms with Gasteiger partial charge in [-0.2, -0.15) is 0 Å². The molecule has 0 heterocycles. The van der Waals surface area contributed by atoms with Gasteiger partial charge in [0.2, 0.25) is 0 Å². The first-order chi connectivity index (χ1) is 7.83. The van der Waals surface area contributed by atoms with Crippen LogP contribution >= 0.6 is 0 Å². The van der Waals surface area contributed by atoms with Crippen molar-refractivity contribution in [1.29, 1.82) is 0 Å². The van der Waals surface area contributed by atoms with E-state index in [4.69, 9.17) is 4.74 Å². The van der Waals surface area contributed by atoms with Crippen molar-refractivity contribution in [3.8, 4) is 0 Å². The lowest BCUT2D eigenvalue weighted by Gasteiger charge is -2.52. The molecule has 0 saturated carbocycles. The average Bonchev–Trinajstić information content (AvgIpc) is 2.22. The number of hydrogen-bond acceptors (Lipinski definition) is 1. The molecule has 0 aromatic carbocycles. The molecule has 2 aliphatic carbocycles. The second-order valence-electron chi connectivity index (χ2n) is 6.75. The number of hydrogen-bond donors (Lipinski definition) is 0. The molecule has 0 bridgehead atoms. The second-order valence-corrected chi connectivity index (χ2v) is 6.75. The molecule has 17 heavy (non-hydrogen) atoms. The van der Waals surface area contributed by atoms with E-state index in [1.165, 1.54) is 17.8 Å². The van der Waals surface area contributed by atoms with E-state index in [-0.39, 0.29) is 10.8 Å². The normalized spacial score (nSPS) is 40.1. The Labute approximate surface area is 106 Å². The maximum atomic E-state index is 5.79. The number of methoxy groups -OCH3 is 1. The topological polar surface area (TPSA) is 9.23 Å². The molecule has 0 saturated heterocycles. The predicted octanol–water partition coefficient (Wildman–Crippen LogP) is 4.56. The quantitative estimate of drug-likeness (QED) is 0.605. The maximum absolute atomic E-state index is 5.79. The minimum Gasteiger partial charge on any atom is -0.501 e. The van der Waals surface area contributed by atoms with E-state index >= 15 is 0 Å². The molecule has 0 aromatic rings. The molecule has 2 unspecified atom stereocenters. The third-order valence-corrected chi connectivity index (χ3v) is 5.17. The Kier molecular flexibility index (Phi) is 2.92. The van der Waals surface area contributed by atoms with Crippen molar-refractivity contribution in [2.24, 2.45) is 22.7 Å². The van der Waals surface area contributed by atoms with Crippen LogP contribution in [0.5, 0.6) is 0 Å². The highest BCUT2D eigenvalue weighted by molar-refractivity contribution is 5.28. The highest BCUT2D eigenvalue weighted by Crippen LogP contribution is 2.58. The second kappa shape index (κ2) is 3.90. The molecular weight excluding hydrogens is 208 g/mol. The molecule has 1 nitrogen and oxygen atoms in total. The molecule has 0 aliphatic heterocycles. The fourth-order valence-corrected chi connectivity index (χ4v) is 4.10. The van der Waals surface area contributed by atoms with Crippen molar-refractivity contribution in [1.82, 2.24) is 0 Å². The highest BCUT2D eigenvalue weighted by Gasteiger charge is 2.50. The van der Waals surface area contributed by atoms with E-state index in [1.807, 2.05) is 7.11 Å². The fourth-order valence-electron chi connectivity index (χ4n) is 4.10. The fraction of sp³-hybridized carbons (Fsp3) is 0.750. The Morgan fingerprint density at radius 1 is 1.29 bits per heavy atom. The van der Waals surface area contributed by atoms with E-state index < -0.39 is 0 Å². The number of rotatable bonds is 1. The van der Waals surface area contributed by atoms with Gasteiger partial charge in [0.15, 0.2) is 0 Å². The van der Waals surface area contributed by atoms with Crippen LogP contribution in [0.1, 0.15) is 47.5 Å². The lowest BCUT2D eigenvalue weighted by molar-refractivity contribution is 0.0231. The maximum Gasteiger partial charge on any atom is 0.101 e. The third kappa shape index (κ3) is 1.75. The summed E-state index contributed by atoms with van der Waals surface area (Å²) in [6.45, 7) is 11.7. The summed E-state index contributed by atoms with van der Waals surface area (Å²) in [5, 5.41) is 0. The van der Waals surface area contributed by atoms with Gasteiger partial charge >= 0.3 is 0 Å². The van der Waals surface area contributed by atoms with E-state index in [0.29, 0.717) is 11.8 Å². The molecule has 0 N–H and O–H groups in total. The summed E-state index contributed by atoms with van der Waals surface area (Å²) in [4.78, 5) is 0. The van der Waals surface area contributed by atoms with E-state index in [0.717, 1.165) is 6.42 Å². The number of fused-ring (bicyclic) bond motifs is 1. The van der Waals surface area contributed by atoms with Crippen molar-refractivity contribution >= 4 is 0 Å². The smallest absolute Gasteiger partial charge is 0.101 e. The Balaban J connectivity index is 2.54. The van der Waals surface area contributed by atoms with Crippen LogP contribution in [0.15, 0.2) is 23.5 Å². The number of allylic oxidation sites excluding steroid dienone is 4. The van der Waals surface area contributed by atoms with Crippen LogP contribution in [0, 0.1) is 22.7 Å². The average molecular weight is 234 g/mol. The zero-order valence-electron chi connectivity index (χ0n) is 12.1. The first-order valence-corrected chi connectivity index (χ1v) is 6.76. The van der Waals surface area contributed by atoms with Crippen molar-refractivity contribution in [3.63, 3.8) is 0 Å². The minimum atomic E-state index is 0.198. The van der Waals surface area contributed by atoms with Crippen molar-refractivity contribution in [2.75, 3.05) is 7.11 Å². The van der Waals surface area contributed by atoms with Gasteiger partial charge in [0.25, 0.3) is 0 Å². The summed E-state index contributed by atoms with van der Waals surface area (Å²) in [5.41, 5.74) is 1.94. The lowest BCUT2D eigenvalue weighted by atomic mass is 9.53. The van der Waals surface area contributed by atoms with E-state index in [2.05, 4.69) is 46.8 Å². The van der Waals surface area contributed by atoms with Crippen LogP contribution in [-0.4, -0.2) is 7.11 Å². The molecule has 0 aromatic heterocycles. The molecule has 0 fully saturated rings. The van der Waals surface area contributed by atoms with Gasteiger partial charge in [-0.25, -0.2) is 0 Å². The predicted molar refractivity (Wildman–Crippen MR) is 72.6 cm³/mol. The Hall–Kier alpha value is -0.720. The van der Waals surface area contributed by atoms with Crippen molar-refractivity contribution < 1.29 is 4.74 Å². The molecule has 1 heteroatoms. The van der Waals surface area contributed by atoms with Gasteiger partial charge in [-0.3, -0.25) is 0 Å². The zero-order chi connectivity index (χ0) is 12.8. The van der Waals surface area contributed by atoms with Crippen LogP contribution < -0.4 is 0 Å². The lowest BCUT2D eigenvalue weighted by Crippen LogP contribution is -2.45. The SMILES string of the molecule is COC1=C(C)C(C)CC2C(C)(C)C=CC[C@]12C. The van der Waals surface area contributed by atoms with Crippen LogP contribution in [-0.2, 0) is 4.74 Å². The molecule has 2 aliphatic rings. The largest absolute Gasteiger partial charge is 0.501 e. The van der Waals surface area contributed by atoms with Gasteiger partial charge in [0.1, 0.15) is 5.76 Å².